The van der Waals surface area contributed by atoms with Crippen LogP contribution >= 0.6 is 0 Å². The highest BCUT2D eigenvalue weighted by Gasteiger charge is 2.07. The van der Waals surface area contributed by atoms with Gasteiger partial charge >= 0.3 is 0 Å². The average Bonchev–Trinajstić information content (AvgIpc) is 2.54. The van der Waals surface area contributed by atoms with Crippen LogP contribution in [0.5, 0.6) is 0 Å². The smallest absolute Gasteiger partial charge is 0.234 e. The summed E-state index contributed by atoms with van der Waals surface area (Å²) in [5, 5.41) is 2.95. The van der Waals surface area contributed by atoms with Gasteiger partial charge < -0.3 is 10.2 Å². The highest BCUT2D eigenvalue weighted by Crippen LogP contribution is 2.09. The van der Waals surface area contributed by atoms with E-state index in [-0.39, 0.29) is 5.91 Å². The fourth-order valence-electron chi connectivity index (χ4n) is 2.27. The Morgan fingerprint density at radius 3 is 2.52 bits per heavy atom. The number of hydrogen-bond donors (Lipinski definition) is 1. The first kappa shape index (κ1) is 17.0. The lowest BCUT2D eigenvalue weighted by Crippen LogP contribution is -2.34. The van der Waals surface area contributed by atoms with Crippen molar-refractivity contribution >= 4 is 11.7 Å². The number of anilines is 1. The summed E-state index contributed by atoms with van der Waals surface area (Å²) in [5.41, 5.74) is 2.25. The van der Waals surface area contributed by atoms with Gasteiger partial charge in [-0.25, -0.2) is 4.98 Å². The number of nitrogens with one attached hydrogen (secondary N) is 1. The van der Waals surface area contributed by atoms with E-state index in [1.807, 2.05) is 61.3 Å². The molecule has 0 fully saturated rings. The van der Waals surface area contributed by atoms with Crippen molar-refractivity contribution in [3.8, 4) is 0 Å². The van der Waals surface area contributed by atoms with E-state index < -0.39 is 0 Å². The quantitative estimate of drug-likeness (QED) is 0.848. The normalized spacial score (nSPS) is 10.6. The topological polar surface area (TPSA) is 48.5 Å². The fourth-order valence-corrected chi connectivity index (χ4v) is 2.27. The van der Waals surface area contributed by atoms with Crippen LogP contribution < -0.4 is 10.2 Å². The summed E-state index contributed by atoms with van der Waals surface area (Å²) in [6, 6.07) is 14.0. The zero-order chi connectivity index (χ0) is 16.7. The van der Waals surface area contributed by atoms with Gasteiger partial charge in [-0.05, 0) is 30.3 Å². The molecule has 0 aliphatic carbocycles. The number of aromatic nitrogens is 1. The predicted octanol–water partition coefficient (Wildman–Crippen LogP) is 1.90. The summed E-state index contributed by atoms with van der Waals surface area (Å²) in [6.45, 7) is 1.65. The van der Waals surface area contributed by atoms with Crippen LogP contribution in [0.2, 0.25) is 0 Å². The van der Waals surface area contributed by atoms with Crippen molar-refractivity contribution in [1.82, 2.24) is 15.2 Å². The molecule has 0 atom stereocenters. The third-order valence-corrected chi connectivity index (χ3v) is 3.47. The number of pyridine rings is 1. The summed E-state index contributed by atoms with van der Waals surface area (Å²) < 4.78 is 0. The van der Waals surface area contributed by atoms with E-state index in [0.29, 0.717) is 13.1 Å². The fraction of sp³-hybridized carbons (Fsp3) is 0.333. The van der Waals surface area contributed by atoms with Crippen LogP contribution in [0.3, 0.4) is 0 Å². The number of benzene rings is 1. The van der Waals surface area contributed by atoms with Gasteiger partial charge in [-0.1, -0.05) is 30.3 Å². The van der Waals surface area contributed by atoms with E-state index in [1.54, 1.807) is 6.20 Å². The summed E-state index contributed by atoms with van der Waals surface area (Å²) in [5.74, 6) is 0.907. The van der Waals surface area contributed by atoms with Crippen molar-refractivity contribution in [2.75, 3.05) is 32.6 Å². The maximum atomic E-state index is 12.1. The standard InChI is InChI=1S/C18H24N4O/c1-21(2)17-11-16(9-10-19-17)12-20-18(23)14-22(3)13-15-7-5-4-6-8-15/h4-11H,12-14H2,1-3H3,(H,20,23). The number of carbonyl (C=O) groups is 1. The number of rotatable bonds is 7. The molecule has 1 N–H and O–H groups in total. The molecule has 0 aliphatic heterocycles. The first-order valence-corrected chi connectivity index (χ1v) is 7.66. The second-order valence-electron chi connectivity index (χ2n) is 5.85. The van der Waals surface area contributed by atoms with Gasteiger partial charge in [-0.3, -0.25) is 9.69 Å². The molecule has 0 unspecified atom stereocenters. The molecule has 0 spiro atoms. The van der Waals surface area contributed by atoms with Crippen molar-refractivity contribution in [2.45, 2.75) is 13.1 Å². The van der Waals surface area contributed by atoms with Gasteiger partial charge in [0.05, 0.1) is 6.54 Å². The molecular formula is C18H24N4O. The minimum atomic E-state index is 0.0200. The van der Waals surface area contributed by atoms with Crippen molar-refractivity contribution in [3.05, 3.63) is 59.8 Å². The Labute approximate surface area is 137 Å². The molecule has 122 valence electrons. The van der Waals surface area contributed by atoms with Gasteiger partial charge in [-0.2, -0.15) is 0 Å². The molecule has 1 aromatic heterocycles. The highest BCUT2D eigenvalue weighted by atomic mass is 16.2. The van der Waals surface area contributed by atoms with Gasteiger partial charge in [-0.15, -0.1) is 0 Å². The van der Waals surface area contributed by atoms with Crippen LogP contribution in [0.1, 0.15) is 11.1 Å². The molecule has 0 aliphatic rings. The van der Waals surface area contributed by atoms with Crippen LogP contribution in [0.25, 0.3) is 0 Å². The molecule has 1 heterocycles. The number of hydrogen-bond acceptors (Lipinski definition) is 4. The molecular weight excluding hydrogens is 288 g/mol. The molecule has 5 nitrogen and oxygen atoms in total. The van der Waals surface area contributed by atoms with Crippen LogP contribution in [0, 0.1) is 0 Å². The molecule has 0 radical (unpaired) electrons. The van der Waals surface area contributed by atoms with E-state index in [0.717, 1.165) is 17.9 Å². The molecule has 1 aromatic carbocycles. The molecule has 2 aromatic rings. The van der Waals surface area contributed by atoms with Crippen molar-refractivity contribution < 1.29 is 4.79 Å². The predicted molar refractivity (Wildman–Crippen MR) is 93.2 cm³/mol. The Kier molecular flexibility index (Phi) is 6.11. The first-order chi connectivity index (χ1) is 11.0. The Morgan fingerprint density at radius 1 is 1.09 bits per heavy atom. The number of amides is 1. The zero-order valence-electron chi connectivity index (χ0n) is 14.0. The van der Waals surface area contributed by atoms with Crippen LogP contribution in [0.4, 0.5) is 5.82 Å². The number of likely N-dealkylation sites (N-methyl/N-ethyl adjacent to an activating group) is 1. The monoisotopic (exact) mass is 312 g/mol. The van der Waals surface area contributed by atoms with Gasteiger partial charge in [0.2, 0.25) is 5.91 Å². The summed E-state index contributed by atoms with van der Waals surface area (Å²) in [7, 11) is 5.84. The molecule has 1 amide bonds. The number of nitrogens with zero attached hydrogens (tertiary/aromatic N) is 3. The summed E-state index contributed by atoms with van der Waals surface area (Å²) in [6.07, 6.45) is 1.76. The molecule has 23 heavy (non-hydrogen) atoms. The van der Waals surface area contributed by atoms with Gasteiger partial charge in [0.15, 0.2) is 0 Å². The molecule has 0 saturated heterocycles. The van der Waals surface area contributed by atoms with Gasteiger partial charge in [0.1, 0.15) is 5.82 Å². The summed E-state index contributed by atoms with van der Waals surface area (Å²) in [4.78, 5) is 20.3. The lowest BCUT2D eigenvalue weighted by atomic mass is 10.2. The van der Waals surface area contributed by atoms with Crippen molar-refractivity contribution in [1.29, 1.82) is 0 Å². The van der Waals surface area contributed by atoms with E-state index in [4.69, 9.17) is 0 Å². The minimum absolute atomic E-state index is 0.0200. The maximum absolute atomic E-state index is 12.1. The Bertz CT molecular complexity index is 628. The maximum Gasteiger partial charge on any atom is 0.234 e. The molecule has 5 heteroatoms. The Morgan fingerprint density at radius 2 is 1.83 bits per heavy atom. The second kappa shape index (κ2) is 8.29. The van der Waals surface area contributed by atoms with E-state index in [1.165, 1.54) is 5.56 Å². The van der Waals surface area contributed by atoms with Crippen LogP contribution in [-0.2, 0) is 17.9 Å². The SMILES string of the molecule is CN(CC(=O)NCc1ccnc(N(C)C)c1)Cc1ccccc1. The molecule has 2 rings (SSSR count). The van der Waals surface area contributed by atoms with Crippen LogP contribution in [-0.4, -0.2) is 43.5 Å². The van der Waals surface area contributed by atoms with Gasteiger partial charge in [0.25, 0.3) is 0 Å². The molecule has 0 bridgehead atoms. The van der Waals surface area contributed by atoms with Crippen molar-refractivity contribution in [2.24, 2.45) is 0 Å². The zero-order valence-corrected chi connectivity index (χ0v) is 14.0. The van der Waals surface area contributed by atoms with E-state index in [9.17, 15) is 4.79 Å². The first-order valence-electron chi connectivity index (χ1n) is 7.66. The van der Waals surface area contributed by atoms with E-state index >= 15 is 0 Å². The van der Waals surface area contributed by atoms with Gasteiger partial charge in [0, 0.05) is 33.4 Å². The second-order valence-corrected chi connectivity index (χ2v) is 5.85. The van der Waals surface area contributed by atoms with Crippen molar-refractivity contribution in [3.63, 3.8) is 0 Å². The lowest BCUT2D eigenvalue weighted by Gasteiger charge is -2.17. The Balaban J connectivity index is 1.79. The Hall–Kier alpha value is -2.40. The summed E-state index contributed by atoms with van der Waals surface area (Å²) >= 11 is 0. The number of carbonyl (C=O) groups excluding carboxylic acids is 1. The third kappa shape index (κ3) is 5.71. The van der Waals surface area contributed by atoms with E-state index in [2.05, 4.69) is 22.4 Å². The highest BCUT2D eigenvalue weighted by molar-refractivity contribution is 5.78. The minimum Gasteiger partial charge on any atom is -0.363 e. The lowest BCUT2D eigenvalue weighted by molar-refractivity contribution is -0.122. The average molecular weight is 312 g/mol. The molecule has 0 saturated carbocycles. The largest absolute Gasteiger partial charge is 0.363 e. The third-order valence-electron chi connectivity index (χ3n) is 3.47. The van der Waals surface area contributed by atoms with Crippen LogP contribution in [0.15, 0.2) is 48.7 Å².